The molecule has 0 aliphatic heterocycles. The Morgan fingerprint density at radius 1 is 1.10 bits per heavy atom. The van der Waals surface area contributed by atoms with Gasteiger partial charge in [0.1, 0.15) is 11.6 Å². The number of rotatable bonds is 9. The number of amides is 1. The van der Waals surface area contributed by atoms with E-state index in [0.29, 0.717) is 5.56 Å². The highest BCUT2D eigenvalue weighted by molar-refractivity contribution is 7.89. The maximum absolute atomic E-state index is 13.8. The van der Waals surface area contributed by atoms with Gasteiger partial charge in [-0.05, 0) is 38.5 Å². The van der Waals surface area contributed by atoms with E-state index in [9.17, 15) is 26.8 Å². The maximum atomic E-state index is 13.8. The van der Waals surface area contributed by atoms with Crippen LogP contribution in [0, 0.1) is 11.6 Å². The van der Waals surface area contributed by atoms with Crippen molar-refractivity contribution in [2.24, 2.45) is 0 Å². The molecular formula is C21H24F2N2O4S. The van der Waals surface area contributed by atoms with Crippen molar-refractivity contribution in [2.45, 2.75) is 37.6 Å². The Labute approximate surface area is 174 Å². The highest BCUT2D eigenvalue weighted by Gasteiger charge is 2.21. The molecule has 9 heteroatoms. The topological polar surface area (TPSA) is 83.6 Å². The molecule has 1 amide bonds. The number of sulfonamides is 1. The Bertz CT molecular complexity index is 1020. The molecule has 162 valence electrons. The standard InChI is InChI=1S/C21H24F2N2O4S/c1-14(19-11-8-17(22)13-20(19)23)24-21(27)5-4-12-25(3)30(28,29)18-9-6-16(7-10-18)15(2)26/h6-11,13-14H,4-5,12H2,1-3H3,(H,24,27). The molecule has 0 aliphatic carbocycles. The van der Waals surface area contributed by atoms with Gasteiger partial charge in [0.2, 0.25) is 15.9 Å². The number of ketones is 1. The third-order valence-electron chi connectivity index (χ3n) is 4.65. The summed E-state index contributed by atoms with van der Waals surface area (Å²) in [6.07, 6.45) is 0.294. The van der Waals surface area contributed by atoms with Gasteiger partial charge < -0.3 is 5.32 Å². The van der Waals surface area contributed by atoms with Crippen LogP contribution in [0.4, 0.5) is 8.78 Å². The van der Waals surface area contributed by atoms with Gasteiger partial charge in [-0.1, -0.05) is 18.2 Å². The number of benzene rings is 2. The maximum Gasteiger partial charge on any atom is 0.242 e. The number of carbonyl (C=O) groups excluding carboxylic acids is 2. The van der Waals surface area contributed by atoms with Gasteiger partial charge in [-0.2, -0.15) is 0 Å². The van der Waals surface area contributed by atoms with Gasteiger partial charge in [-0.3, -0.25) is 9.59 Å². The highest BCUT2D eigenvalue weighted by Crippen LogP contribution is 2.19. The quantitative estimate of drug-likeness (QED) is 0.608. The Kier molecular flexibility index (Phi) is 7.80. The Morgan fingerprint density at radius 3 is 2.30 bits per heavy atom. The molecule has 0 spiro atoms. The summed E-state index contributed by atoms with van der Waals surface area (Å²) >= 11 is 0. The van der Waals surface area contributed by atoms with E-state index in [1.54, 1.807) is 6.92 Å². The van der Waals surface area contributed by atoms with Crippen molar-refractivity contribution in [3.63, 3.8) is 0 Å². The van der Waals surface area contributed by atoms with Gasteiger partial charge in [0, 0.05) is 37.2 Å². The number of nitrogens with zero attached hydrogens (tertiary/aromatic N) is 1. The second kappa shape index (κ2) is 9.90. The fraction of sp³-hybridized carbons (Fsp3) is 0.333. The van der Waals surface area contributed by atoms with Gasteiger partial charge in [-0.15, -0.1) is 0 Å². The molecule has 0 aliphatic rings. The largest absolute Gasteiger partial charge is 0.349 e. The van der Waals surface area contributed by atoms with Crippen molar-refractivity contribution in [3.8, 4) is 0 Å². The Balaban J connectivity index is 1.88. The molecule has 2 rings (SSSR count). The summed E-state index contributed by atoms with van der Waals surface area (Å²) in [6.45, 7) is 3.07. The van der Waals surface area contributed by atoms with E-state index < -0.39 is 27.7 Å². The first-order valence-electron chi connectivity index (χ1n) is 9.34. The molecule has 1 atom stereocenters. The van der Waals surface area contributed by atoms with Crippen LogP contribution >= 0.6 is 0 Å². The normalized spacial score (nSPS) is 12.6. The lowest BCUT2D eigenvalue weighted by atomic mass is 10.1. The fourth-order valence-corrected chi connectivity index (χ4v) is 4.08. The SMILES string of the molecule is CC(=O)c1ccc(S(=O)(=O)N(C)CCCC(=O)NC(C)c2ccc(F)cc2F)cc1. The molecule has 2 aromatic carbocycles. The molecule has 30 heavy (non-hydrogen) atoms. The van der Waals surface area contributed by atoms with Crippen molar-refractivity contribution in [2.75, 3.05) is 13.6 Å². The van der Waals surface area contributed by atoms with Crippen LogP contribution in [0.1, 0.15) is 48.7 Å². The minimum absolute atomic E-state index is 0.0380. The lowest BCUT2D eigenvalue weighted by molar-refractivity contribution is -0.121. The first kappa shape index (κ1) is 23.6. The van der Waals surface area contributed by atoms with E-state index in [4.69, 9.17) is 0 Å². The summed E-state index contributed by atoms with van der Waals surface area (Å²) in [5, 5.41) is 2.62. The van der Waals surface area contributed by atoms with Gasteiger partial charge in [-0.25, -0.2) is 21.5 Å². The van der Waals surface area contributed by atoms with Crippen LogP contribution in [0.3, 0.4) is 0 Å². The van der Waals surface area contributed by atoms with Gasteiger partial charge in [0.15, 0.2) is 5.78 Å². The number of carbonyl (C=O) groups is 2. The zero-order chi connectivity index (χ0) is 22.5. The number of hydrogen-bond donors (Lipinski definition) is 1. The molecule has 0 radical (unpaired) electrons. The lowest BCUT2D eigenvalue weighted by Gasteiger charge is -2.18. The number of halogens is 2. The van der Waals surface area contributed by atoms with E-state index in [2.05, 4.69) is 5.32 Å². The fourth-order valence-electron chi connectivity index (χ4n) is 2.87. The minimum Gasteiger partial charge on any atom is -0.349 e. The molecule has 0 saturated heterocycles. The highest BCUT2D eigenvalue weighted by atomic mass is 32.2. The van der Waals surface area contributed by atoms with Crippen molar-refractivity contribution in [3.05, 3.63) is 65.2 Å². The van der Waals surface area contributed by atoms with Crippen LogP contribution < -0.4 is 5.32 Å². The van der Waals surface area contributed by atoms with E-state index >= 15 is 0 Å². The Morgan fingerprint density at radius 2 is 1.73 bits per heavy atom. The number of nitrogens with one attached hydrogen (secondary N) is 1. The molecule has 1 N–H and O–H groups in total. The van der Waals surface area contributed by atoms with Crippen LogP contribution in [0.25, 0.3) is 0 Å². The summed E-state index contributed by atoms with van der Waals surface area (Å²) in [7, 11) is -2.34. The predicted octanol–water partition coefficient (Wildman–Crippen LogP) is 3.45. The molecule has 0 aromatic heterocycles. The molecular weight excluding hydrogens is 414 g/mol. The van der Waals surface area contributed by atoms with Crippen molar-refractivity contribution >= 4 is 21.7 Å². The second-order valence-corrected chi connectivity index (χ2v) is 9.01. The summed E-state index contributed by atoms with van der Waals surface area (Å²) < 4.78 is 53.1. The zero-order valence-electron chi connectivity index (χ0n) is 17.0. The average Bonchev–Trinajstić information content (AvgIpc) is 2.67. The molecule has 2 aromatic rings. The summed E-state index contributed by atoms with van der Waals surface area (Å²) in [5.41, 5.74) is 0.582. The van der Waals surface area contributed by atoms with E-state index in [1.807, 2.05) is 0 Å². The zero-order valence-corrected chi connectivity index (χ0v) is 17.8. The smallest absolute Gasteiger partial charge is 0.242 e. The second-order valence-electron chi connectivity index (χ2n) is 6.97. The lowest BCUT2D eigenvalue weighted by Crippen LogP contribution is -2.30. The first-order valence-corrected chi connectivity index (χ1v) is 10.8. The van der Waals surface area contributed by atoms with Gasteiger partial charge in [0.05, 0.1) is 10.9 Å². The van der Waals surface area contributed by atoms with Crippen LogP contribution in [-0.4, -0.2) is 38.0 Å². The Hall–Kier alpha value is -2.65. The van der Waals surface area contributed by atoms with Gasteiger partial charge >= 0.3 is 0 Å². The minimum atomic E-state index is -3.75. The third-order valence-corrected chi connectivity index (χ3v) is 6.52. The van der Waals surface area contributed by atoms with Crippen LogP contribution in [0.15, 0.2) is 47.4 Å². The van der Waals surface area contributed by atoms with E-state index in [1.165, 1.54) is 44.3 Å². The van der Waals surface area contributed by atoms with Crippen LogP contribution in [-0.2, 0) is 14.8 Å². The first-order chi connectivity index (χ1) is 14.0. The summed E-state index contributed by atoms with van der Waals surface area (Å²) in [5.74, 6) is -1.98. The van der Waals surface area contributed by atoms with Crippen LogP contribution in [0.5, 0.6) is 0 Å². The monoisotopic (exact) mass is 438 g/mol. The molecule has 0 bridgehead atoms. The molecule has 0 saturated carbocycles. The average molecular weight is 438 g/mol. The summed E-state index contributed by atoms with van der Waals surface area (Å²) in [6, 6.07) is 8.12. The number of hydrogen-bond acceptors (Lipinski definition) is 4. The molecule has 6 nitrogen and oxygen atoms in total. The van der Waals surface area contributed by atoms with Crippen LogP contribution in [0.2, 0.25) is 0 Å². The van der Waals surface area contributed by atoms with Gasteiger partial charge in [0.25, 0.3) is 0 Å². The molecule has 0 heterocycles. The number of Topliss-reactive ketones (excluding diaryl/α,β-unsaturated/α-hetero) is 1. The van der Waals surface area contributed by atoms with Crippen molar-refractivity contribution < 1.29 is 26.8 Å². The molecule has 0 fully saturated rings. The van der Waals surface area contributed by atoms with Crippen molar-refractivity contribution in [1.29, 1.82) is 0 Å². The summed E-state index contributed by atoms with van der Waals surface area (Å²) in [4.78, 5) is 23.5. The van der Waals surface area contributed by atoms with Crippen molar-refractivity contribution in [1.82, 2.24) is 9.62 Å². The third kappa shape index (κ3) is 5.93. The van der Waals surface area contributed by atoms with E-state index in [-0.39, 0.29) is 41.5 Å². The van der Waals surface area contributed by atoms with E-state index in [0.717, 1.165) is 16.4 Å². The molecule has 1 unspecified atom stereocenters. The predicted molar refractivity (Wildman–Crippen MR) is 108 cm³/mol.